The second kappa shape index (κ2) is 12.8. The van der Waals surface area contributed by atoms with Crippen LogP contribution in [0.3, 0.4) is 0 Å². The van der Waals surface area contributed by atoms with E-state index >= 15 is 0 Å². The van der Waals surface area contributed by atoms with Crippen molar-refractivity contribution in [3.63, 3.8) is 0 Å². The molecule has 1 aromatic heterocycles. The van der Waals surface area contributed by atoms with Crippen molar-refractivity contribution < 1.29 is 24.3 Å². The van der Waals surface area contributed by atoms with Gasteiger partial charge in [0.25, 0.3) is 0 Å². The zero-order valence-electron chi connectivity index (χ0n) is 17.1. The maximum absolute atomic E-state index is 12.7. The van der Waals surface area contributed by atoms with Crippen LogP contribution in [0.2, 0.25) is 0 Å². The van der Waals surface area contributed by atoms with E-state index in [4.69, 9.17) is 17.2 Å². The minimum absolute atomic E-state index is 0.0269. The number of guanidine groups is 1. The summed E-state index contributed by atoms with van der Waals surface area (Å²) in [6.45, 7) is 1.27. The van der Waals surface area contributed by atoms with Gasteiger partial charge in [0.15, 0.2) is 5.96 Å². The molecule has 0 aliphatic heterocycles. The quantitative estimate of drug-likeness (QED) is 0.0862. The summed E-state index contributed by atoms with van der Waals surface area (Å²) in [5, 5.41) is 16.6. The highest BCUT2D eigenvalue weighted by molar-refractivity contribution is 5.92. The fourth-order valence-electron chi connectivity index (χ4n) is 2.43. The smallest absolute Gasteiger partial charge is 0.326 e. The Balaban J connectivity index is 2.77. The maximum atomic E-state index is 12.7. The third-order valence-electron chi connectivity index (χ3n) is 4.03. The monoisotopic (exact) mass is 439 g/mol. The lowest BCUT2D eigenvalue weighted by Gasteiger charge is -2.21. The number of hydrogen-bond donors (Lipinski definition) is 8. The predicted molar refractivity (Wildman–Crippen MR) is 110 cm³/mol. The number of carboxylic acids is 1. The number of nitrogens with one attached hydrogen (secondary N) is 4. The molecule has 3 unspecified atom stereocenters. The van der Waals surface area contributed by atoms with E-state index in [1.54, 1.807) is 0 Å². The molecular weight excluding hydrogens is 410 g/mol. The zero-order chi connectivity index (χ0) is 23.4. The lowest BCUT2D eigenvalue weighted by molar-refractivity contribution is -0.142. The van der Waals surface area contributed by atoms with Crippen LogP contribution in [0.25, 0.3) is 0 Å². The fourth-order valence-corrected chi connectivity index (χ4v) is 2.43. The highest BCUT2D eigenvalue weighted by Crippen LogP contribution is 2.03. The first-order chi connectivity index (χ1) is 14.6. The zero-order valence-corrected chi connectivity index (χ0v) is 17.1. The van der Waals surface area contributed by atoms with Gasteiger partial charge in [0.1, 0.15) is 12.1 Å². The summed E-state index contributed by atoms with van der Waals surface area (Å²) in [6.07, 6.45) is 3.29. The van der Waals surface area contributed by atoms with Crippen molar-refractivity contribution in [1.82, 2.24) is 25.9 Å². The molecule has 1 aromatic rings. The molecule has 3 atom stereocenters. The van der Waals surface area contributed by atoms with Crippen LogP contribution in [0.15, 0.2) is 17.5 Å². The minimum atomic E-state index is -1.24. The topological polar surface area (TPSA) is 244 Å². The number of rotatable bonds is 13. The van der Waals surface area contributed by atoms with E-state index in [9.17, 15) is 24.3 Å². The van der Waals surface area contributed by atoms with Crippen LogP contribution in [0.4, 0.5) is 0 Å². The Labute approximate surface area is 178 Å². The van der Waals surface area contributed by atoms with Gasteiger partial charge in [-0.3, -0.25) is 19.4 Å². The third kappa shape index (κ3) is 10.1. The SMILES string of the molecule is CC(N)C(=O)NCC(=O)NC(Cc1cnc[nH]1)C(=O)NC(CCCN=C(N)N)C(=O)O. The molecule has 0 saturated carbocycles. The van der Waals surface area contributed by atoms with E-state index in [1.165, 1.54) is 19.4 Å². The van der Waals surface area contributed by atoms with Gasteiger partial charge in [0.2, 0.25) is 17.7 Å². The number of carbonyl (C=O) groups excluding carboxylic acids is 3. The average molecular weight is 439 g/mol. The number of aromatic amines is 1. The highest BCUT2D eigenvalue weighted by atomic mass is 16.4. The van der Waals surface area contributed by atoms with Crippen LogP contribution < -0.4 is 33.2 Å². The molecular formula is C17H29N9O5. The molecule has 0 bridgehead atoms. The number of nitrogens with zero attached hydrogens (tertiary/aromatic N) is 2. The van der Waals surface area contributed by atoms with E-state index < -0.39 is 48.4 Å². The van der Waals surface area contributed by atoms with Crippen LogP contribution in [-0.2, 0) is 25.6 Å². The Morgan fingerprint density at radius 1 is 1.19 bits per heavy atom. The molecule has 3 amide bonds. The molecule has 14 nitrogen and oxygen atoms in total. The summed E-state index contributed by atoms with van der Waals surface area (Å²) < 4.78 is 0. The Hall–Kier alpha value is -3.68. The molecule has 0 aliphatic carbocycles. The van der Waals surface area contributed by atoms with Crippen LogP contribution in [-0.4, -0.2) is 75.9 Å². The normalized spacial score (nSPS) is 13.4. The number of amides is 3. The lowest BCUT2D eigenvalue weighted by Crippen LogP contribution is -2.54. The van der Waals surface area contributed by atoms with Crippen molar-refractivity contribution >= 4 is 29.7 Å². The highest BCUT2D eigenvalue weighted by Gasteiger charge is 2.27. The summed E-state index contributed by atoms with van der Waals surface area (Å²) >= 11 is 0. The molecule has 172 valence electrons. The molecule has 14 heteroatoms. The number of nitrogens with two attached hydrogens (primary N) is 3. The van der Waals surface area contributed by atoms with Gasteiger partial charge in [-0.2, -0.15) is 0 Å². The molecule has 0 spiro atoms. The molecule has 1 heterocycles. The molecule has 0 radical (unpaired) electrons. The van der Waals surface area contributed by atoms with E-state index in [1.807, 2.05) is 0 Å². The van der Waals surface area contributed by atoms with Gasteiger partial charge in [-0.05, 0) is 19.8 Å². The van der Waals surface area contributed by atoms with Crippen LogP contribution in [0, 0.1) is 0 Å². The van der Waals surface area contributed by atoms with Crippen molar-refractivity contribution in [2.24, 2.45) is 22.2 Å². The molecule has 0 fully saturated rings. The number of aromatic nitrogens is 2. The summed E-state index contributed by atoms with van der Waals surface area (Å²) in [6, 6.07) is -3.12. The van der Waals surface area contributed by atoms with Gasteiger partial charge in [0, 0.05) is 24.9 Å². The summed E-state index contributed by atoms with van der Waals surface area (Å²) in [5.74, 6) is -3.25. The van der Waals surface area contributed by atoms with E-state index in [0.717, 1.165) is 0 Å². The molecule has 0 saturated heterocycles. The number of H-pyrrole nitrogens is 1. The Morgan fingerprint density at radius 3 is 2.45 bits per heavy atom. The van der Waals surface area contributed by atoms with E-state index in [0.29, 0.717) is 12.1 Å². The van der Waals surface area contributed by atoms with Crippen molar-refractivity contribution in [2.45, 2.75) is 44.3 Å². The Morgan fingerprint density at radius 2 is 1.90 bits per heavy atom. The molecule has 31 heavy (non-hydrogen) atoms. The maximum Gasteiger partial charge on any atom is 0.326 e. The Bertz CT molecular complexity index is 775. The molecule has 0 aromatic carbocycles. The predicted octanol–water partition coefficient (Wildman–Crippen LogP) is -3.48. The Kier molecular flexibility index (Phi) is 10.5. The summed E-state index contributed by atoms with van der Waals surface area (Å²) in [7, 11) is 0. The first kappa shape index (κ1) is 25.4. The van der Waals surface area contributed by atoms with Crippen LogP contribution >= 0.6 is 0 Å². The third-order valence-corrected chi connectivity index (χ3v) is 4.03. The molecule has 0 aliphatic rings. The first-order valence-corrected chi connectivity index (χ1v) is 9.48. The average Bonchev–Trinajstić information content (AvgIpc) is 3.20. The van der Waals surface area contributed by atoms with Gasteiger partial charge in [-0.15, -0.1) is 0 Å². The van der Waals surface area contributed by atoms with Gasteiger partial charge in [0.05, 0.1) is 18.9 Å². The van der Waals surface area contributed by atoms with E-state index in [2.05, 4.69) is 30.9 Å². The fraction of sp³-hybridized carbons (Fsp3) is 0.529. The van der Waals surface area contributed by atoms with Crippen molar-refractivity contribution in [1.29, 1.82) is 0 Å². The minimum Gasteiger partial charge on any atom is -0.480 e. The summed E-state index contributed by atoms with van der Waals surface area (Å²) in [5.41, 5.74) is 16.4. The van der Waals surface area contributed by atoms with Gasteiger partial charge in [-0.1, -0.05) is 0 Å². The van der Waals surface area contributed by atoms with E-state index in [-0.39, 0.29) is 25.3 Å². The van der Waals surface area contributed by atoms with Gasteiger partial charge < -0.3 is 43.2 Å². The van der Waals surface area contributed by atoms with Crippen molar-refractivity contribution in [3.8, 4) is 0 Å². The first-order valence-electron chi connectivity index (χ1n) is 9.48. The number of imidazole rings is 1. The van der Waals surface area contributed by atoms with Crippen LogP contribution in [0.5, 0.6) is 0 Å². The van der Waals surface area contributed by atoms with Crippen LogP contribution in [0.1, 0.15) is 25.5 Å². The van der Waals surface area contributed by atoms with Crippen molar-refractivity contribution in [3.05, 3.63) is 18.2 Å². The molecule has 11 N–H and O–H groups in total. The van der Waals surface area contributed by atoms with Gasteiger partial charge in [-0.25, -0.2) is 9.78 Å². The summed E-state index contributed by atoms with van der Waals surface area (Å²) in [4.78, 5) is 58.3. The second-order valence-corrected chi connectivity index (χ2v) is 6.76. The van der Waals surface area contributed by atoms with Crippen molar-refractivity contribution in [2.75, 3.05) is 13.1 Å². The number of aliphatic imine (C=N–C) groups is 1. The van der Waals surface area contributed by atoms with Gasteiger partial charge >= 0.3 is 5.97 Å². The number of carboxylic acid groups (broad SMARTS) is 1. The molecule has 1 rings (SSSR count). The number of aliphatic carboxylic acids is 1. The number of carbonyl (C=O) groups is 4. The second-order valence-electron chi connectivity index (χ2n) is 6.76. The standard InChI is InChI=1S/C17H29N9O5/c1-9(18)14(28)23-7-13(27)25-12(5-10-6-21-8-24-10)15(29)26-11(16(30)31)3-2-4-22-17(19)20/h6,8-9,11-12H,2-5,7,18H2,1H3,(H,21,24)(H,23,28)(H,25,27)(H,26,29)(H,30,31)(H4,19,20,22). The largest absolute Gasteiger partial charge is 0.480 e. The number of hydrogen-bond acceptors (Lipinski definition) is 7. The lowest BCUT2D eigenvalue weighted by atomic mass is 10.1.